The van der Waals surface area contributed by atoms with Gasteiger partial charge in [-0.1, -0.05) is 52.4 Å². The molecule has 0 amide bonds. The van der Waals surface area contributed by atoms with Gasteiger partial charge in [0.25, 0.3) is 0 Å². The molecule has 1 atom stereocenters. The quantitative estimate of drug-likeness (QED) is 0.666. The summed E-state index contributed by atoms with van der Waals surface area (Å²) < 4.78 is 5.84. The Hall–Kier alpha value is -0.0800. The number of ether oxygens (including phenoxy) is 1. The first-order valence-corrected chi connectivity index (χ1v) is 7.98. The van der Waals surface area contributed by atoms with Crippen molar-refractivity contribution in [3.63, 3.8) is 0 Å². The zero-order valence-corrected chi connectivity index (χ0v) is 12.4. The molecular formula is C16H32O2. The maximum Gasteiger partial charge on any atom is 0.0773 e. The van der Waals surface area contributed by atoms with Crippen molar-refractivity contribution in [1.82, 2.24) is 0 Å². The normalized spacial score (nSPS) is 20.8. The molecule has 18 heavy (non-hydrogen) atoms. The number of aliphatic hydroxyl groups is 1. The fourth-order valence-corrected chi connectivity index (χ4v) is 3.15. The standard InChI is InChI=1S/C16H32O2/c1-3-5-10-16(11-7-6-8-12-16)14-18-13-15(17)9-4-2/h15,17H,3-14H2,1-2H3. The van der Waals surface area contributed by atoms with E-state index in [2.05, 4.69) is 13.8 Å². The topological polar surface area (TPSA) is 29.5 Å². The molecule has 1 rings (SSSR count). The van der Waals surface area contributed by atoms with Crippen LogP contribution < -0.4 is 0 Å². The molecule has 0 spiro atoms. The molecule has 0 aromatic heterocycles. The Labute approximate surface area is 113 Å². The van der Waals surface area contributed by atoms with Crippen LogP contribution in [0.1, 0.15) is 78.1 Å². The second kappa shape index (κ2) is 8.92. The fraction of sp³-hybridized carbons (Fsp3) is 1.00. The molecule has 0 aliphatic heterocycles. The first-order chi connectivity index (χ1) is 8.72. The maximum atomic E-state index is 9.71. The number of hydrogen-bond donors (Lipinski definition) is 1. The number of unbranched alkanes of at least 4 members (excludes halogenated alkanes) is 1. The molecule has 1 fully saturated rings. The monoisotopic (exact) mass is 256 g/mol. The van der Waals surface area contributed by atoms with Gasteiger partial charge in [-0.25, -0.2) is 0 Å². The van der Waals surface area contributed by atoms with Gasteiger partial charge in [-0.2, -0.15) is 0 Å². The predicted molar refractivity (Wildman–Crippen MR) is 76.8 cm³/mol. The number of hydrogen-bond acceptors (Lipinski definition) is 2. The predicted octanol–water partition coefficient (Wildman–Crippen LogP) is 4.30. The zero-order chi connectivity index (χ0) is 13.3. The second-order valence-electron chi connectivity index (χ2n) is 6.12. The summed E-state index contributed by atoms with van der Waals surface area (Å²) >= 11 is 0. The summed E-state index contributed by atoms with van der Waals surface area (Å²) in [5.74, 6) is 0. The van der Waals surface area contributed by atoms with Crippen LogP contribution in [-0.4, -0.2) is 24.4 Å². The molecule has 0 aromatic carbocycles. The highest BCUT2D eigenvalue weighted by molar-refractivity contribution is 4.82. The van der Waals surface area contributed by atoms with Gasteiger partial charge in [0.05, 0.1) is 19.3 Å². The highest BCUT2D eigenvalue weighted by atomic mass is 16.5. The van der Waals surface area contributed by atoms with Crippen LogP contribution in [0.3, 0.4) is 0 Å². The van der Waals surface area contributed by atoms with E-state index < -0.39 is 0 Å². The van der Waals surface area contributed by atoms with E-state index in [1.807, 2.05) is 0 Å². The summed E-state index contributed by atoms with van der Waals surface area (Å²) in [6.07, 6.45) is 12.3. The molecule has 1 saturated carbocycles. The molecule has 1 unspecified atom stereocenters. The average molecular weight is 256 g/mol. The van der Waals surface area contributed by atoms with Crippen molar-refractivity contribution in [1.29, 1.82) is 0 Å². The van der Waals surface area contributed by atoms with Crippen LogP contribution in [0, 0.1) is 5.41 Å². The second-order valence-corrected chi connectivity index (χ2v) is 6.12. The van der Waals surface area contributed by atoms with Crippen LogP contribution in [0.5, 0.6) is 0 Å². The summed E-state index contributed by atoms with van der Waals surface area (Å²) in [5.41, 5.74) is 0.431. The molecule has 108 valence electrons. The number of aliphatic hydroxyl groups excluding tert-OH is 1. The number of rotatable bonds is 9. The molecule has 0 radical (unpaired) electrons. The fourth-order valence-electron chi connectivity index (χ4n) is 3.15. The van der Waals surface area contributed by atoms with E-state index in [9.17, 15) is 5.11 Å². The lowest BCUT2D eigenvalue weighted by molar-refractivity contribution is -0.0269. The van der Waals surface area contributed by atoms with Crippen molar-refractivity contribution >= 4 is 0 Å². The lowest BCUT2D eigenvalue weighted by atomic mass is 9.71. The van der Waals surface area contributed by atoms with Crippen LogP contribution >= 0.6 is 0 Å². The lowest BCUT2D eigenvalue weighted by Gasteiger charge is -2.37. The van der Waals surface area contributed by atoms with Gasteiger partial charge in [0.2, 0.25) is 0 Å². The van der Waals surface area contributed by atoms with Gasteiger partial charge < -0.3 is 9.84 Å². The molecule has 2 nitrogen and oxygen atoms in total. The summed E-state index contributed by atoms with van der Waals surface area (Å²) in [6, 6.07) is 0. The van der Waals surface area contributed by atoms with Crippen molar-refractivity contribution in [3.05, 3.63) is 0 Å². The lowest BCUT2D eigenvalue weighted by Crippen LogP contribution is -2.31. The van der Waals surface area contributed by atoms with Gasteiger partial charge in [0.15, 0.2) is 0 Å². The van der Waals surface area contributed by atoms with E-state index in [0.29, 0.717) is 12.0 Å². The minimum Gasteiger partial charge on any atom is -0.391 e. The van der Waals surface area contributed by atoms with Gasteiger partial charge in [-0.15, -0.1) is 0 Å². The highest BCUT2D eigenvalue weighted by Gasteiger charge is 2.31. The Bertz CT molecular complexity index is 197. The first-order valence-electron chi connectivity index (χ1n) is 7.98. The molecule has 1 aliphatic carbocycles. The van der Waals surface area contributed by atoms with E-state index in [1.54, 1.807) is 0 Å². The Kier molecular flexibility index (Phi) is 7.92. The minimum atomic E-state index is -0.262. The molecule has 0 heterocycles. The summed E-state index contributed by atoms with van der Waals surface area (Å²) in [4.78, 5) is 0. The minimum absolute atomic E-state index is 0.262. The molecule has 0 aromatic rings. The van der Waals surface area contributed by atoms with E-state index in [1.165, 1.54) is 51.4 Å². The van der Waals surface area contributed by atoms with Crippen molar-refractivity contribution in [2.75, 3.05) is 13.2 Å². The van der Waals surface area contributed by atoms with E-state index >= 15 is 0 Å². The summed E-state index contributed by atoms with van der Waals surface area (Å²) in [5, 5.41) is 9.71. The molecular weight excluding hydrogens is 224 g/mol. The Morgan fingerprint density at radius 2 is 1.83 bits per heavy atom. The SMILES string of the molecule is CCCCC1(COCC(O)CCC)CCCCC1. The Balaban J connectivity index is 2.31. The summed E-state index contributed by atoms with van der Waals surface area (Å²) in [7, 11) is 0. The molecule has 0 bridgehead atoms. The summed E-state index contributed by atoms with van der Waals surface area (Å²) in [6.45, 7) is 5.77. The van der Waals surface area contributed by atoms with E-state index in [-0.39, 0.29) is 6.10 Å². The third-order valence-corrected chi connectivity index (χ3v) is 4.32. The van der Waals surface area contributed by atoms with Gasteiger partial charge in [0, 0.05) is 0 Å². The zero-order valence-electron chi connectivity index (χ0n) is 12.4. The van der Waals surface area contributed by atoms with Crippen molar-refractivity contribution in [2.45, 2.75) is 84.2 Å². The third-order valence-electron chi connectivity index (χ3n) is 4.32. The van der Waals surface area contributed by atoms with Crippen LogP contribution in [0.25, 0.3) is 0 Å². The highest BCUT2D eigenvalue weighted by Crippen LogP contribution is 2.40. The molecule has 0 saturated heterocycles. The van der Waals surface area contributed by atoms with Crippen LogP contribution in [-0.2, 0) is 4.74 Å². The third kappa shape index (κ3) is 5.71. The van der Waals surface area contributed by atoms with E-state index in [0.717, 1.165) is 19.4 Å². The largest absolute Gasteiger partial charge is 0.391 e. The Morgan fingerprint density at radius 1 is 1.11 bits per heavy atom. The molecule has 1 N–H and O–H groups in total. The average Bonchev–Trinajstić information content (AvgIpc) is 2.38. The van der Waals surface area contributed by atoms with Gasteiger partial charge in [0.1, 0.15) is 0 Å². The molecule has 1 aliphatic rings. The Morgan fingerprint density at radius 3 is 2.44 bits per heavy atom. The van der Waals surface area contributed by atoms with Gasteiger partial charge in [-0.3, -0.25) is 0 Å². The van der Waals surface area contributed by atoms with Crippen molar-refractivity contribution in [3.8, 4) is 0 Å². The van der Waals surface area contributed by atoms with Gasteiger partial charge >= 0.3 is 0 Å². The van der Waals surface area contributed by atoms with E-state index in [4.69, 9.17) is 4.74 Å². The van der Waals surface area contributed by atoms with Crippen molar-refractivity contribution in [2.24, 2.45) is 5.41 Å². The first kappa shape index (κ1) is 16.0. The van der Waals surface area contributed by atoms with Crippen LogP contribution in [0.15, 0.2) is 0 Å². The van der Waals surface area contributed by atoms with Crippen LogP contribution in [0.4, 0.5) is 0 Å². The smallest absolute Gasteiger partial charge is 0.0773 e. The van der Waals surface area contributed by atoms with Crippen LogP contribution in [0.2, 0.25) is 0 Å². The van der Waals surface area contributed by atoms with Gasteiger partial charge in [-0.05, 0) is 31.1 Å². The molecule has 2 heteroatoms. The van der Waals surface area contributed by atoms with Crippen molar-refractivity contribution < 1.29 is 9.84 Å². The maximum absolute atomic E-state index is 9.71.